The second-order valence-electron chi connectivity index (χ2n) is 8.91. The van der Waals surface area contributed by atoms with E-state index in [1.807, 2.05) is 18.2 Å². The lowest BCUT2D eigenvalue weighted by atomic mass is 9.93. The monoisotopic (exact) mass is 549 g/mol. The van der Waals surface area contributed by atoms with Crippen molar-refractivity contribution in [1.82, 2.24) is 14.9 Å². The molecule has 0 saturated carbocycles. The van der Waals surface area contributed by atoms with Crippen LogP contribution < -0.4 is 21.0 Å². The third-order valence-electron chi connectivity index (χ3n) is 6.28. The van der Waals surface area contributed by atoms with Gasteiger partial charge in [0.25, 0.3) is 17.4 Å². The van der Waals surface area contributed by atoms with Crippen LogP contribution in [0.4, 0.5) is 10.1 Å². The third kappa shape index (κ3) is 5.54. The van der Waals surface area contributed by atoms with Crippen molar-refractivity contribution in [3.05, 3.63) is 80.6 Å². The summed E-state index contributed by atoms with van der Waals surface area (Å²) >= 11 is 5.97. The largest absolute Gasteiger partial charge is 0.476 e. The summed E-state index contributed by atoms with van der Waals surface area (Å²) in [7, 11) is 0. The van der Waals surface area contributed by atoms with E-state index >= 15 is 0 Å². The summed E-state index contributed by atoms with van der Waals surface area (Å²) in [6.07, 6.45) is 7.47. The molecule has 2 N–H and O–H groups in total. The Hall–Kier alpha value is -4.49. The van der Waals surface area contributed by atoms with Gasteiger partial charge in [-0.2, -0.15) is 0 Å². The molecule has 3 aromatic rings. The topological polar surface area (TPSA) is 120 Å². The van der Waals surface area contributed by atoms with Gasteiger partial charge in [0.2, 0.25) is 0 Å². The number of nitrogen functional groups attached to an aromatic ring is 1. The fourth-order valence-electron chi connectivity index (χ4n) is 4.21. The fourth-order valence-corrected chi connectivity index (χ4v) is 4.41. The molecule has 1 aromatic heterocycles. The van der Waals surface area contributed by atoms with E-state index in [1.54, 1.807) is 26.0 Å². The van der Waals surface area contributed by atoms with Crippen molar-refractivity contribution in [1.29, 1.82) is 0 Å². The van der Waals surface area contributed by atoms with Crippen LogP contribution in [0.15, 0.2) is 58.4 Å². The minimum Gasteiger partial charge on any atom is -0.476 e. The van der Waals surface area contributed by atoms with Crippen molar-refractivity contribution in [3.63, 3.8) is 0 Å². The third-order valence-corrected chi connectivity index (χ3v) is 6.58. The van der Waals surface area contributed by atoms with Crippen molar-refractivity contribution in [2.24, 2.45) is 0 Å². The molecule has 0 spiro atoms. The lowest BCUT2D eigenvalue weighted by molar-refractivity contribution is -0.120. The Kier molecular flexibility index (Phi) is 8.12. The fraction of sp³-hybridized carbons (Fsp3) is 0.250. The molecule has 39 heavy (non-hydrogen) atoms. The van der Waals surface area contributed by atoms with Crippen LogP contribution in [0.25, 0.3) is 11.3 Å². The second-order valence-corrected chi connectivity index (χ2v) is 9.31. The van der Waals surface area contributed by atoms with Gasteiger partial charge in [0.15, 0.2) is 17.6 Å². The van der Waals surface area contributed by atoms with Crippen LogP contribution in [0.2, 0.25) is 5.02 Å². The molecular weight excluding hydrogens is 525 g/mol. The number of benzene rings is 2. The highest BCUT2D eigenvalue weighted by molar-refractivity contribution is 6.34. The van der Waals surface area contributed by atoms with Crippen LogP contribution in [-0.2, 0) is 9.59 Å². The first-order valence-corrected chi connectivity index (χ1v) is 12.5. The number of anilines is 1. The summed E-state index contributed by atoms with van der Waals surface area (Å²) in [4.78, 5) is 37.7. The number of imide groups is 1. The summed E-state index contributed by atoms with van der Waals surface area (Å²) in [5.41, 5.74) is 1.45. The Morgan fingerprint density at radius 1 is 1.08 bits per heavy atom. The molecular formula is C28H25ClFN5O4. The minimum absolute atomic E-state index is 0.0233. The van der Waals surface area contributed by atoms with Crippen LogP contribution in [0.5, 0.6) is 5.75 Å². The van der Waals surface area contributed by atoms with Gasteiger partial charge < -0.3 is 10.6 Å². The molecule has 0 radical (unpaired) electrons. The molecule has 200 valence electrons. The van der Waals surface area contributed by atoms with Gasteiger partial charge in [-0.25, -0.2) is 14.0 Å². The van der Waals surface area contributed by atoms with E-state index in [0.717, 1.165) is 28.5 Å². The van der Waals surface area contributed by atoms with Crippen molar-refractivity contribution < 1.29 is 18.7 Å². The maximum Gasteiger partial charge on any atom is 0.298 e. The SMILES string of the molecule is C#CC(C)Oc1cc(N2C(=O)C3=C(CCCC3)C2=O)c(F)cc1Cl.Cc1nnc(-c2ccccc2)c(=O)n1N. The Labute approximate surface area is 229 Å². The Morgan fingerprint density at radius 2 is 1.69 bits per heavy atom. The van der Waals surface area contributed by atoms with Gasteiger partial charge in [-0.1, -0.05) is 47.9 Å². The molecule has 1 aliphatic heterocycles. The molecule has 0 bridgehead atoms. The van der Waals surface area contributed by atoms with Crippen LogP contribution in [0, 0.1) is 25.1 Å². The predicted molar refractivity (Wildman–Crippen MR) is 145 cm³/mol. The first-order valence-electron chi connectivity index (χ1n) is 12.1. The highest BCUT2D eigenvalue weighted by atomic mass is 35.5. The van der Waals surface area contributed by atoms with E-state index in [-0.39, 0.29) is 27.7 Å². The number of aryl methyl sites for hydroxylation is 1. The average molecular weight is 550 g/mol. The molecule has 2 aliphatic rings. The van der Waals surface area contributed by atoms with Gasteiger partial charge in [-0.3, -0.25) is 14.4 Å². The molecule has 5 rings (SSSR count). The molecule has 2 amide bonds. The van der Waals surface area contributed by atoms with E-state index in [2.05, 4.69) is 16.1 Å². The molecule has 9 nitrogen and oxygen atoms in total. The summed E-state index contributed by atoms with van der Waals surface area (Å²) in [6, 6.07) is 11.4. The number of nitrogens with two attached hydrogens (primary N) is 1. The van der Waals surface area contributed by atoms with Crippen molar-refractivity contribution in [2.75, 3.05) is 10.7 Å². The molecule has 0 fully saturated rings. The number of nitrogens with zero attached hydrogens (tertiary/aromatic N) is 4. The lowest BCUT2D eigenvalue weighted by Gasteiger charge is -2.19. The Morgan fingerprint density at radius 3 is 2.28 bits per heavy atom. The quantitative estimate of drug-likeness (QED) is 0.297. The maximum absolute atomic E-state index is 14.4. The molecule has 0 saturated heterocycles. The summed E-state index contributed by atoms with van der Waals surface area (Å²) < 4.78 is 20.8. The van der Waals surface area contributed by atoms with Crippen LogP contribution in [0.1, 0.15) is 38.4 Å². The number of amides is 2. The van der Waals surface area contributed by atoms with E-state index in [1.165, 1.54) is 6.07 Å². The van der Waals surface area contributed by atoms with E-state index in [9.17, 15) is 18.8 Å². The first-order chi connectivity index (χ1) is 18.6. The maximum atomic E-state index is 14.4. The number of carbonyl (C=O) groups is 2. The number of ether oxygens (including phenoxy) is 1. The number of hydrogen-bond acceptors (Lipinski definition) is 7. The van der Waals surface area contributed by atoms with Gasteiger partial charge in [0, 0.05) is 22.8 Å². The molecule has 1 unspecified atom stereocenters. The van der Waals surface area contributed by atoms with Gasteiger partial charge in [0.1, 0.15) is 11.6 Å². The molecule has 1 atom stereocenters. The predicted octanol–water partition coefficient (Wildman–Crippen LogP) is 3.95. The number of halogens is 2. The highest BCUT2D eigenvalue weighted by Crippen LogP contribution is 2.39. The highest BCUT2D eigenvalue weighted by Gasteiger charge is 2.41. The lowest BCUT2D eigenvalue weighted by Crippen LogP contribution is -2.32. The minimum atomic E-state index is -0.762. The van der Waals surface area contributed by atoms with E-state index in [4.69, 9.17) is 28.6 Å². The first kappa shape index (κ1) is 27.5. The van der Waals surface area contributed by atoms with Gasteiger partial charge >= 0.3 is 0 Å². The second kappa shape index (κ2) is 11.5. The zero-order valence-corrected chi connectivity index (χ0v) is 22.0. The Balaban J connectivity index is 0.000000202. The van der Waals surface area contributed by atoms with Crippen molar-refractivity contribution in [3.8, 4) is 29.4 Å². The molecule has 1 aliphatic carbocycles. The zero-order valence-electron chi connectivity index (χ0n) is 21.3. The van der Waals surface area contributed by atoms with Crippen LogP contribution in [-0.4, -0.2) is 32.8 Å². The van der Waals surface area contributed by atoms with Crippen molar-refractivity contribution >= 4 is 29.1 Å². The normalized spacial score (nSPS) is 15.3. The number of hydrogen-bond donors (Lipinski definition) is 1. The van der Waals surface area contributed by atoms with E-state index < -0.39 is 23.7 Å². The molecule has 11 heteroatoms. The van der Waals surface area contributed by atoms with Crippen molar-refractivity contribution in [2.45, 2.75) is 45.6 Å². The smallest absolute Gasteiger partial charge is 0.298 e. The number of carbonyl (C=O) groups excluding carboxylic acids is 2. The van der Waals surface area contributed by atoms with Crippen LogP contribution in [0.3, 0.4) is 0 Å². The van der Waals surface area contributed by atoms with Gasteiger partial charge in [-0.15, -0.1) is 16.6 Å². The average Bonchev–Trinajstić information content (AvgIpc) is 3.19. The molecule has 2 heterocycles. The van der Waals surface area contributed by atoms with E-state index in [0.29, 0.717) is 35.4 Å². The Bertz CT molecular complexity index is 1550. The molecule has 2 aromatic carbocycles. The number of rotatable bonds is 4. The summed E-state index contributed by atoms with van der Waals surface area (Å²) in [6.45, 7) is 3.26. The number of aromatic nitrogens is 3. The summed E-state index contributed by atoms with van der Waals surface area (Å²) in [5.74, 6) is 6.72. The van der Waals surface area contributed by atoms with Gasteiger partial charge in [0.05, 0.1) is 10.7 Å². The zero-order chi connectivity index (χ0) is 28.3. The number of terminal acetylenes is 1. The summed E-state index contributed by atoms with van der Waals surface area (Å²) in [5, 5.41) is 7.67. The van der Waals surface area contributed by atoms with Crippen LogP contribution >= 0.6 is 11.6 Å². The standard InChI is InChI=1S/C18H15ClFNO3.C10H10N4O/c1-3-10(2)24-16-9-15(14(20)8-13(16)19)21-17(22)11-6-4-5-7-12(11)18(21)23;1-7-12-13-9(10(15)14(7)11)8-5-3-2-4-6-8/h1,8-10H,4-7H2,2H3;2-6H,11H2,1H3. The van der Waals surface area contributed by atoms with Gasteiger partial charge in [-0.05, 0) is 45.6 Å².